The van der Waals surface area contributed by atoms with Crippen molar-refractivity contribution < 1.29 is 28.5 Å². The molecule has 0 saturated carbocycles. The maximum atomic E-state index is 13.9. The molecule has 3 aromatic rings. The monoisotopic (exact) mass is 534 g/mol. The second-order valence-electron chi connectivity index (χ2n) is 9.66. The lowest BCUT2D eigenvalue weighted by molar-refractivity contribution is -0.135. The second-order valence-corrected chi connectivity index (χ2v) is 10.7. The van der Waals surface area contributed by atoms with Gasteiger partial charge in [0.1, 0.15) is 18.9 Å². The zero-order chi connectivity index (χ0) is 25.9. The number of amides is 2. The fourth-order valence-corrected chi connectivity index (χ4v) is 6.21. The number of fused-ring (bicyclic) bond motifs is 2. The number of para-hydroxylation sites is 1. The molecule has 3 aliphatic heterocycles. The number of hydrogen-bond acceptors (Lipinski definition) is 7. The van der Waals surface area contributed by atoms with Crippen LogP contribution in [0.15, 0.2) is 60.0 Å². The van der Waals surface area contributed by atoms with E-state index < -0.39 is 0 Å². The Balaban J connectivity index is 1.22. The summed E-state index contributed by atoms with van der Waals surface area (Å²) in [6.07, 6.45) is 2.54. The highest BCUT2D eigenvalue weighted by Crippen LogP contribution is 2.35. The van der Waals surface area contributed by atoms with Gasteiger partial charge in [-0.05, 0) is 66.6 Å². The van der Waals surface area contributed by atoms with Crippen LogP contribution in [0.2, 0.25) is 0 Å². The van der Waals surface area contributed by atoms with E-state index in [-0.39, 0.29) is 37.3 Å². The summed E-state index contributed by atoms with van der Waals surface area (Å²) in [7, 11) is 0. The minimum absolute atomic E-state index is 0.0333. The van der Waals surface area contributed by atoms with Crippen LogP contribution in [-0.4, -0.2) is 67.4 Å². The zero-order valence-electron chi connectivity index (χ0n) is 21.0. The van der Waals surface area contributed by atoms with Crippen LogP contribution in [0.5, 0.6) is 17.2 Å². The van der Waals surface area contributed by atoms with Crippen molar-refractivity contribution in [1.29, 1.82) is 0 Å². The molecule has 0 unspecified atom stereocenters. The first-order valence-corrected chi connectivity index (χ1v) is 13.9. The number of nitrogens with zero attached hydrogens (tertiary/aromatic N) is 2. The van der Waals surface area contributed by atoms with Gasteiger partial charge in [0, 0.05) is 30.1 Å². The van der Waals surface area contributed by atoms with Gasteiger partial charge >= 0.3 is 0 Å². The van der Waals surface area contributed by atoms with E-state index in [1.165, 1.54) is 4.88 Å². The van der Waals surface area contributed by atoms with Gasteiger partial charge in [-0.3, -0.25) is 9.59 Å². The molecule has 1 aromatic heterocycles. The Morgan fingerprint density at radius 2 is 1.95 bits per heavy atom. The van der Waals surface area contributed by atoms with Crippen molar-refractivity contribution in [3.8, 4) is 17.2 Å². The van der Waals surface area contributed by atoms with E-state index >= 15 is 0 Å². The predicted octanol–water partition coefficient (Wildman–Crippen LogP) is 4.30. The number of carbonyl (C=O) groups is 2. The third kappa shape index (κ3) is 5.21. The first kappa shape index (κ1) is 24.8. The lowest BCUT2D eigenvalue weighted by Gasteiger charge is -2.37. The van der Waals surface area contributed by atoms with E-state index in [1.54, 1.807) is 34.4 Å². The lowest BCUT2D eigenvalue weighted by Crippen LogP contribution is -2.49. The Kier molecular flexibility index (Phi) is 7.20. The van der Waals surface area contributed by atoms with E-state index in [0.29, 0.717) is 43.4 Å². The van der Waals surface area contributed by atoms with Crippen molar-refractivity contribution in [2.75, 3.05) is 39.6 Å². The van der Waals surface area contributed by atoms with Crippen molar-refractivity contribution in [3.05, 3.63) is 76.0 Å². The summed E-state index contributed by atoms with van der Waals surface area (Å²) in [6.45, 7) is 2.08. The van der Waals surface area contributed by atoms with Gasteiger partial charge < -0.3 is 28.7 Å². The summed E-state index contributed by atoms with van der Waals surface area (Å²) in [4.78, 5) is 32.3. The number of benzene rings is 2. The summed E-state index contributed by atoms with van der Waals surface area (Å²) in [6, 6.07) is 16.6. The molecule has 0 aliphatic carbocycles. The highest BCUT2D eigenvalue weighted by molar-refractivity contribution is 7.10. The third-order valence-electron chi connectivity index (χ3n) is 7.25. The summed E-state index contributed by atoms with van der Waals surface area (Å²) >= 11 is 1.71. The molecule has 3 aliphatic rings. The topological polar surface area (TPSA) is 77.5 Å². The SMILES string of the molecule is O=C(c1ccc2c(c1)OCO2)N(CC(=O)N1CCc2sccc2[C@H]1COc1ccccc1)C[C@@H]1CCCO1. The van der Waals surface area contributed by atoms with Crippen LogP contribution in [0.25, 0.3) is 0 Å². The minimum atomic E-state index is -0.225. The number of carbonyl (C=O) groups excluding carboxylic acids is 2. The minimum Gasteiger partial charge on any atom is -0.491 e. The molecule has 1 fully saturated rings. The zero-order valence-corrected chi connectivity index (χ0v) is 21.9. The van der Waals surface area contributed by atoms with E-state index in [9.17, 15) is 9.59 Å². The Morgan fingerprint density at radius 3 is 2.79 bits per heavy atom. The van der Waals surface area contributed by atoms with Gasteiger partial charge in [0.15, 0.2) is 11.5 Å². The Bertz CT molecular complexity index is 1290. The molecule has 0 spiro atoms. The summed E-state index contributed by atoms with van der Waals surface area (Å²) in [5.74, 6) is 1.59. The van der Waals surface area contributed by atoms with Gasteiger partial charge in [0.25, 0.3) is 5.91 Å². The van der Waals surface area contributed by atoms with Crippen LogP contribution in [-0.2, 0) is 16.0 Å². The highest BCUT2D eigenvalue weighted by atomic mass is 32.1. The quantitative estimate of drug-likeness (QED) is 0.429. The van der Waals surface area contributed by atoms with Gasteiger partial charge in [0.05, 0.1) is 12.1 Å². The Labute approximate surface area is 225 Å². The largest absolute Gasteiger partial charge is 0.491 e. The van der Waals surface area contributed by atoms with Crippen LogP contribution < -0.4 is 14.2 Å². The first-order valence-electron chi connectivity index (χ1n) is 13.0. The van der Waals surface area contributed by atoms with Gasteiger partial charge in [-0.2, -0.15) is 0 Å². The number of thiophene rings is 1. The van der Waals surface area contributed by atoms with Gasteiger partial charge in [-0.15, -0.1) is 11.3 Å². The molecule has 9 heteroatoms. The van der Waals surface area contributed by atoms with Crippen LogP contribution in [0.1, 0.15) is 39.7 Å². The molecule has 8 nitrogen and oxygen atoms in total. The average molecular weight is 535 g/mol. The van der Waals surface area contributed by atoms with Crippen LogP contribution in [0.3, 0.4) is 0 Å². The molecule has 0 radical (unpaired) electrons. The van der Waals surface area contributed by atoms with Crippen molar-refractivity contribution >= 4 is 23.2 Å². The van der Waals surface area contributed by atoms with Gasteiger partial charge in [0.2, 0.25) is 12.7 Å². The maximum absolute atomic E-state index is 13.9. The normalized spacial score (nSPS) is 19.7. The standard InChI is InChI=1S/C29H30N2O6S/c32-28(31-12-10-27-23(11-14-38-27)24(31)18-35-21-5-2-1-3-6-21)17-30(16-22-7-4-13-34-22)29(33)20-8-9-25-26(15-20)37-19-36-25/h1-3,5-6,8-9,11,14-15,22,24H,4,7,10,12-13,16-19H2/t22-,24+/m0/s1. The smallest absolute Gasteiger partial charge is 0.254 e. The van der Waals surface area contributed by atoms with Crippen LogP contribution in [0.4, 0.5) is 0 Å². The van der Waals surface area contributed by atoms with Crippen molar-refractivity contribution in [2.45, 2.75) is 31.4 Å². The summed E-state index contributed by atoms with van der Waals surface area (Å²) in [5, 5.41) is 2.07. The lowest BCUT2D eigenvalue weighted by atomic mass is 10.00. The Hall–Kier alpha value is -3.56. The molecule has 0 bridgehead atoms. The number of hydrogen-bond donors (Lipinski definition) is 0. The fraction of sp³-hybridized carbons (Fsp3) is 0.379. The molecule has 0 N–H and O–H groups in total. The molecule has 2 amide bonds. The van der Waals surface area contributed by atoms with Crippen LogP contribution in [0, 0.1) is 0 Å². The van der Waals surface area contributed by atoms with Gasteiger partial charge in [-0.1, -0.05) is 18.2 Å². The second kappa shape index (κ2) is 11.0. The Morgan fingerprint density at radius 1 is 1.08 bits per heavy atom. The highest BCUT2D eigenvalue weighted by Gasteiger charge is 2.35. The fourth-order valence-electron chi connectivity index (χ4n) is 5.29. The average Bonchev–Trinajstić information content (AvgIpc) is 3.73. The van der Waals surface area contributed by atoms with Crippen molar-refractivity contribution in [1.82, 2.24) is 9.80 Å². The van der Waals surface area contributed by atoms with Crippen LogP contribution >= 0.6 is 11.3 Å². The van der Waals surface area contributed by atoms with Gasteiger partial charge in [-0.25, -0.2) is 0 Å². The van der Waals surface area contributed by atoms with Crippen molar-refractivity contribution in [3.63, 3.8) is 0 Å². The molecule has 2 atom stereocenters. The molecule has 4 heterocycles. The molecule has 1 saturated heterocycles. The van der Waals surface area contributed by atoms with E-state index in [2.05, 4.69) is 11.4 Å². The summed E-state index contributed by atoms with van der Waals surface area (Å²) in [5.41, 5.74) is 1.58. The van der Waals surface area contributed by atoms with E-state index in [4.69, 9.17) is 18.9 Å². The van der Waals surface area contributed by atoms with E-state index in [0.717, 1.165) is 30.6 Å². The number of ether oxygens (including phenoxy) is 4. The van der Waals surface area contributed by atoms with Crippen molar-refractivity contribution in [2.24, 2.45) is 0 Å². The molecular formula is C29H30N2O6S. The number of rotatable bonds is 8. The molecule has 6 rings (SSSR count). The summed E-state index contributed by atoms with van der Waals surface area (Å²) < 4.78 is 22.8. The first-order chi connectivity index (χ1) is 18.7. The van der Waals surface area contributed by atoms with E-state index in [1.807, 2.05) is 35.2 Å². The molecular weight excluding hydrogens is 504 g/mol. The molecule has 2 aromatic carbocycles. The molecule has 38 heavy (non-hydrogen) atoms. The molecule has 198 valence electrons. The third-order valence-corrected chi connectivity index (χ3v) is 8.24. The predicted molar refractivity (Wildman–Crippen MR) is 142 cm³/mol. The maximum Gasteiger partial charge on any atom is 0.254 e.